The molecule has 28 heavy (non-hydrogen) atoms. The Morgan fingerprint density at radius 1 is 1.18 bits per heavy atom. The average molecular weight is 416 g/mol. The number of nitrogens with one attached hydrogen (secondary N) is 1. The zero-order valence-electron chi connectivity index (χ0n) is 16.0. The Kier molecular flexibility index (Phi) is 6.01. The highest BCUT2D eigenvalue weighted by molar-refractivity contribution is 7.98. The van der Waals surface area contributed by atoms with Crippen LogP contribution in [-0.4, -0.2) is 40.8 Å². The molecule has 1 N–H and O–H groups in total. The van der Waals surface area contributed by atoms with Gasteiger partial charge in [-0.05, 0) is 56.9 Å². The van der Waals surface area contributed by atoms with Crippen molar-refractivity contribution >= 4 is 34.9 Å². The maximum Gasteiger partial charge on any atom is 0.253 e. The molecule has 0 atom stereocenters. The standard InChI is InChI=1S/C21H25N3O2S2/c1-14-22-18(12-27-14)13-28-19-6-4-16(5-7-19)21(26)24-10-8-17(9-11-24)23-20(25)15-2-3-15/h4-7,12,15,17H,2-3,8-11,13H2,1H3,(H,23,25). The molecule has 5 nitrogen and oxygen atoms in total. The quantitative estimate of drug-likeness (QED) is 0.728. The molecule has 2 aromatic rings. The fraction of sp³-hybridized carbons (Fsp3) is 0.476. The molecule has 148 valence electrons. The highest BCUT2D eigenvalue weighted by atomic mass is 32.2. The number of thioether (sulfide) groups is 1. The summed E-state index contributed by atoms with van der Waals surface area (Å²) >= 11 is 3.41. The van der Waals surface area contributed by atoms with E-state index in [1.54, 1.807) is 23.1 Å². The normalized spacial score (nSPS) is 17.5. The lowest BCUT2D eigenvalue weighted by molar-refractivity contribution is -0.123. The molecule has 1 saturated carbocycles. The van der Waals surface area contributed by atoms with Crippen LogP contribution in [0.5, 0.6) is 0 Å². The van der Waals surface area contributed by atoms with E-state index in [1.165, 1.54) is 0 Å². The van der Waals surface area contributed by atoms with Gasteiger partial charge in [-0.2, -0.15) is 0 Å². The fourth-order valence-electron chi connectivity index (χ4n) is 3.40. The lowest BCUT2D eigenvalue weighted by Gasteiger charge is -2.32. The minimum Gasteiger partial charge on any atom is -0.353 e. The zero-order chi connectivity index (χ0) is 19.5. The smallest absolute Gasteiger partial charge is 0.253 e. The first-order valence-electron chi connectivity index (χ1n) is 9.82. The molecule has 7 heteroatoms. The maximum absolute atomic E-state index is 12.8. The molecular formula is C21H25N3O2S2. The van der Waals surface area contributed by atoms with Crippen molar-refractivity contribution in [3.05, 3.63) is 45.9 Å². The van der Waals surface area contributed by atoms with Gasteiger partial charge in [0, 0.05) is 46.6 Å². The van der Waals surface area contributed by atoms with Gasteiger partial charge in [0.05, 0.1) is 10.7 Å². The Balaban J connectivity index is 1.25. The summed E-state index contributed by atoms with van der Waals surface area (Å²) in [5, 5.41) is 6.32. The minimum atomic E-state index is 0.0821. The van der Waals surface area contributed by atoms with Crippen LogP contribution in [0.15, 0.2) is 34.5 Å². The number of rotatable bonds is 6. The van der Waals surface area contributed by atoms with E-state index < -0.39 is 0 Å². The summed E-state index contributed by atoms with van der Waals surface area (Å²) in [5.74, 6) is 1.37. The van der Waals surface area contributed by atoms with E-state index in [-0.39, 0.29) is 23.8 Å². The minimum absolute atomic E-state index is 0.0821. The Hall–Kier alpha value is -1.86. The Bertz CT molecular complexity index is 838. The van der Waals surface area contributed by atoms with Crippen molar-refractivity contribution in [2.45, 2.75) is 49.3 Å². The van der Waals surface area contributed by atoms with E-state index in [1.807, 2.05) is 36.1 Å². The predicted octanol–water partition coefficient (Wildman–Crippen LogP) is 3.87. The number of thiazole rings is 1. The first-order chi connectivity index (χ1) is 13.6. The van der Waals surface area contributed by atoms with E-state index >= 15 is 0 Å². The molecule has 1 aliphatic heterocycles. The molecule has 1 aromatic carbocycles. The summed E-state index contributed by atoms with van der Waals surface area (Å²) in [6.45, 7) is 3.42. The number of carbonyl (C=O) groups is 2. The second-order valence-corrected chi connectivity index (χ2v) is 9.63. The number of benzene rings is 1. The summed E-state index contributed by atoms with van der Waals surface area (Å²) < 4.78 is 0. The van der Waals surface area contributed by atoms with E-state index in [0.717, 1.165) is 52.6 Å². The van der Waals surface area contributed by atoms with Crippen LogP contribution in [0.3, 0.4) is 0 Å². The first kappa shape index (κ1) is 19.5. The third-order valence-electron chi connectivity index (χ3n) is 5.23. The number of aryl methyl sites for hydroxylation is 1. The van der Waals surface area contributed by atoms with Crippen molar-refractivity contribution in [2.75, 3.05) is 13.1 Å². The molecule has 2 heterocycles. The largest absolute Gasteiger partial charge is 0.353 e. The molecule has 2 fully saturated rings. The second kappa shape index (κ2) is 8.66. The molecule has 0 spiro atoms. The highest BCUT2D eigenvalue weighted by Crippen LogP contribution is 2.29. The lowest BCUT2D eigenvalue weighted by atomic mass is 10.0. The van der Waals surface area contributed by atoms with E-state index in [2.05, 4.69) is 15.7 Å². The Morgan fingerprint density at radius 3 is 2.50 bits per heavy atom. The van der Waals surface area contributed by atoms with Crippen molar-refractivity contribution < 1.29 is 9.59 Å². The molecule has 1 saturated heterocycles. The van der Waals surface area contributed by atoms with Crippen molar-refractivity contribution in [3.63, 3.8) is 0 Å². The van der Waals surface area contributed by atoms with Gasteiger partial charge in [0.1, 0.15) is 0 Å². The number of aromatic nitrogens is 1. The third kappa shape index (κ3) is 4.94. The molecule has 2 aliphatic rings. The van der Waals surface area contributed by atoms with Gasteiger partial charge in [-0.3, -0.25) is 9.59 Å². The monoisotopic (exact) mass is 415 g/mol. The van der Waals surface area contributed by atoms with Gasteiger partial charge in [0.2, 0.25) is 5.91 Å². The number of piperidine rings is 1. The van der Waals surface area contributed by atoms with Crippen LogP contribution in [0.2, 0.25) is 0 Å². The number of likely N-dealkylation sites (tertiary alicyclic amines) is 1. The van der Waals surface area contributed by atoms with Gasteiger partial charge in [0.15, 0.2) is 0 Å². The van der Waals surface area contributed by atoms with Crippen molar-refractivity contribution in [1.29, 1.82) is 0 Å². The molecular weight excluding hydrogens is 390 g/mol. The summed E-state index contributed by atoms with van der Waals surface area (Å²) in [6.07, 6.45) is 3.73. The maximum atomic E-state index is 12.8. The second-order valence-electron chi connectivity index (χ2n) is 7.52. The van der Waals surface area contributed by atoms with Crippen LogP contribution in [-0.2, 0) is 10.5 Å². The van der Waals surface area contributed by atoms with E-state index in [4.69, 9.17) is 0 Å². The van der Waals surface area contributed by atoms with Crippen LogP contribution in [0.4, 0.5) is 0 Å². The van der Waals surface area contributed by atoms with Gasteiger partial charge in [0.25, 0.3) is 5.91 Å². The predicted molar refractivity (Wildman–Crippen MR) is 113 cm³/mol. The molecule has 1 aromatic heterocycles. The molecule has 0 unspecified atom stereocenters. The van der Waals surface area contributed by atoms with Crippen molar-refractivity contribution in [2.24, 2.45) is 5.92 Å². The van der Waals surface area contributed by atoms with E-state index in [9.17, 15) is 9.59 Å². The third-order valence-corrected chi connectivity index (χ3v) is 7.10. The van der Waals surface area contributed by atoms with Gasteiger partial charge in [-0.1, -0.05) is 0 Å². The number of hydrogen-bond donors (Lipinski definition) is 1. The molecule has 1 aliphatic carbocycles. The molecule has 0 radical (unpaired) electrons. The van der Waals surface area contributed by atoms with Crippen LogP contribution < -0.4 is 5.32 Å². The Morgan fingerprint density at radius 2 is 1.89 bits per heavy atom. The molecule has 2 amide bonds. The number of amides is 2. The first-order valence-corrected chi connectivity index (χ1v) is 11.7. The van der Waals surface area contributed by atoms with Crippen LogP contribution in [0.25, 0.3) is 0 Å². The summed E-state index contributed by atoms with van der Waals surface area (Å²) in [6, 6.07) is 8.07. The van der Waals surface area contributed by atoms with Gasteiger partial charge in [-0.25, -0.2) is 4.98 Å². The number of nitrogens with zero attached hydrogens (tertiary/aromatic N) is 2. The summed E-state index contributed by atoms with van der Waals surface area (Å²) in [5.41, 5.74) is 1.83. The zero-order valence-corrected chi connectivity index (χ0v) is 17.7. The lowest BCUT2D eigenvalue weighted by Crippen LogP contribution is -2.46. The molecule has 0 bridgehead atoms. The van der Waals surface area contributed by atoms with Crippen molar-refractivity contribution in [1.82, 2.24) is 15.2 Å². The van der Waals surface area contributed by atoms with Gasteiger partial charge >= 0.3 is 0 Å². The fourth-order valence-corrected chi connectivity index (χ4v) is 4.91. The summed E-state index contributed by atoms with van der Waals surface area (Å²) in [7, 11) is 0. The van der Waals surface area contributed by atoms with Crippen LogP contribution >= 0.6 is 23.1 Å². The topological polar surface area (TPSA) is 62.3 Å². The van der Waals surface area contributed by atoms with Gasteiger partial charge < -0.3 is 10.2 Å². The molecule has 4 rings (SSSR count). The van der Waals surface area contributed by atoms with Crippen LogP contribution in [0, 0.1) is 12.8 Å². The highest BCUT2D eigenvalue weighted by Gasteiger charge is 2.32. The van der Waals surface area contributed by atoms with Gasteiger partial charge in [-0.15, -0.1) is 23.1 Å². The summed E-state index contributed by atoms with van der Waals surface area (Å²) in [4.78, 5) is 32.2. The number of hydrogen-bond acceptors (Lipinski definition) is 5. The average Bonchev–Trinajstić information content (AvgIpc) is 3.49. The number of carbonyl (C=O) groups excluding carboxylic acids is 2. The SMILES string of the molecule is Cc1nc(CSc2ccc(C(=O)N3CCC(NC(=O)C4CC4)CC3)cc2)cs1. The van der Waals surface area contributed by atoms with Crippen LogP contribution in [0.1, 0.15) is 46.7 Å². The van der Waals surface area contributed by atoms with E-state index in [0.29, 0.717) is 13.1 Å². The Labute approximate surface area is 173 Å². The van der Waals surface area contributed by atoms with Crippen molar-refractivity contribution in [3.8, 4) is 0 Å².